The molecule has 1 rings (SSSR count). The quantitative estimate of drug-likeness (QED) is 0.815. The Morgan fingerprint density at radius 3 is 2.86 bits per heavy atom. The van der Waals surface area contributed by atoms with Gasteiger partial charge in [-0.05, 0) is 13.3 Å². The first-order valence-corrected chi connectivity index (χ1v) is 5.62. The molecule has 1 heterocycles. The molecule has 80 valence electrons. The highest BCUT2D eigenvalue weighted by atomic mass is 32.1. The van der Waals surface area contributed by atoms with Crippen LogP contribution in [0.25, 0.3) is 0 Å². The van der Waals surface area contributed by atoms with Gasteiger partial charge in [0.15, 0.2) is 0 Å². The Morgan fingerprint density at radius 2 is 2.43 bits per heavy atom. The van der Waals surface area contributed by atoms with Crippen molar-refractivity contribution >= 4 is 11.3 Å². The number of methoxy groups -OCH3 is 1. The summed E-state index contributed by atoms with van der Waals surface area (Å²) in [5, 5.41) is 12.8. The largest absolute Gasteiger partial charge is 0.390 e. The zero-order valence-electron chi connectivity index (χ0n) is 8.86. The summed E-state index contributed by atoms with van der Waals surface area (Å²) in [6.45, 7) is 3.93. The van der Waals surface area contributed by atoms with Crippen LogP contribution in [0.2, 0.25) is 0 Å². The van der Waals surface area contributed by atoms with Crippen molar-refractivity contribution in [1.82, 2.24) is 4.98 Å². The SMILES string of the molecule is CCC(C)(OC)C(O)Cc1nccs1. The summed E-state index contributed by atoms with van der Waals surface area (Å²) in [5.74, 6) is 0. The van der Waals surface area contributed by atoms with Crippen LogP contribution >= 0.6 is 11.3 Å². The normalized spacial score (nSPS) is 17.7. The lowest BCUT2D eigenvalue weighted by Gasteiger charge is -2.31. The lowest BCUT2D eigenvalue weighted by atomic mass is 9.93. The number of thiazole rings is 1. The van der Waals surface area contributed by atoms with Crippen LogP contribution in [-0.2, 0) is 11.2 Å². The van der Waals surface area contributed by atoms with Gasteiger partial charge >= 0.3 is 0 Å². The predicted octanol–water partition coefficient (Wildman–Crippen LogP) is 1.86. The van der Waals surface area contributed by atoms with Gasteiger partial charge in [-0.25, -0.2) is 4.98 Å². The fourth-order valence-corrected chi connectivity index (χ4v) is 1.91. The minimum absolute atomic E-state index is 0.467. The Labute approximate surface area is 88.8 Å². The third kappa shape index (κ3) is 2.53. The number of hydrogen-bond acceptors (Lipinski definition) is 4. The van der Waals surface area contributed by atoms with Gasteiger partial charge in [0.1, 0.15) is 0 Å². The van der Waals surface area contributed by atoms with E-state index in [1.165, 1.54) is 0 Å². The molecule has 0 amide bonds. The van der Waals surface area contributed by atoms with Crippen LogP contribution in [0.3, 0.4) is 0 Å². The molecular formula is C10H17NO2S. The average Bonchev–Trinajstić information content (AvgIpc) is 2.69. The summed E-state index contributed by atoms with van der Waals surface area (Å²) in [4.78, 5) is 4.14. The number of nitrogens with zero attached hydrogens (tertiary/aromatic N) is 1. The van der Waals surface area contributed by atoms with E-state index in [9.17, 15) is 5.11 Å². The van der Waals surface area contributed by atoms with E-state index in [4.69, 9.17) is 4.74 Å². The first-order valence-electron chi connectivity index (χ1n) is 4.74. The van der Waals surface area contributed by atoms with Crippen LogP contribution in [0, 0.1) is 0 Å². The number of aliphatic hydroxyl groups is 1. The molecule has 1 N–H and O–H groups in total. The number of hydrogen-bond donors (Lipinski definition) is 1. The maximum atomic E-state index is 9.98. The highest BCUT2D eigenvalue weighted by Gasteiger charge is 2.31. The summed E-state index contributed by atoms with van der Waals surface area (Å²) in [6.07, 6.45) is 2.61. The molecule has 14 heavy (non-hydrogen) atoms. The van der Waals surface area contributed by atoms with Gasteiger partial charge in [0.25, 0.3) is 0 Å². The molecule has 2 unspecified atom stereocenters. The standard InChI is InChI=1S/C10H17NO2S/c1-4-10(2,13-3)8(12)7-9-11-5-6-14-9/h5-6,8,12H,4,7H2,1-3H3. The second-order valence-corrected chi connectivity index (χ2v) is 4.50. The first kappa shape index (κ1) is 11.6. The molecule has 0 aliphatic rings. The van der Waals surface area contributed by atoms with Gasteiger partial charge in [0, 0.05) is 25.1 Å². The predicted molar refractivity (Wildman–Crippen MR) is 57.5 cm³/mol. The summed E-state index contributed by atoms with van der Waals surface area (Å²) < 4.78 is 5.32. The second-order valence-electron chi connectivity index (χ2n) is 3.52. The van der Waals surface area contributed by atoms with Crippen LogP contribution in [0.4, 0.5) is 0 Å². The molecule has 0 radical (unpaired) electrons. The first-order chi connectivity index (χ1) is 6.62. The molecule has 0 aromatic carbocycles. The molecule has 0 saturated heterocycles. The monoisotopic (exact) mass is 215 g/mol. The Morgan fingerprint density at radius 1 is 1.71 bits per heavy atom. The van der Waals surface area contributed by atoms with Gasteiger partial charge in [-0.1, -0.05) is 6.92 Å². The van der Waals surface area contributed by atoms with E-state index in [1.807, 2.05) is 19.2 Å². The minimum atomic E-state index is -0.497. The zero-order chi connectivity index (χ0) is 10.6. The molecule has 0 fully saturated rings. The second kappa shape index (κ2) is 4.87. The van der Waals surface area contributed by atoms with E-state index in [0.29, 0.717) is 6.42 Å². The number of aromatic nitrogens is 1. The highest BCUT2D eigenvalue weighted by Crippen LogP contribution is 2.22. The van der Waals surface area contributed by atoms with Gasteiger partial charge in [-0.2, -0.15) is 0 Å². The molecule has 0 bridgehead atoms. The van der Waals surface area contributed by atoms with Crippen molar-refractivity contribution in [2.24, 2.45) is 0 Å². The van der Waals surface area contributed by atoms with Crippen LogP contribution < -0.4 is 0 Å². The topological polar surface area (TPSA) is 42.4 Å². The maximum Gasteiger partial charge on any atom is 0.0951 e. The Balaban J connectivity index is 2.60. The molecule has 0 spiro atoms. The Bertz CT molecular complexity index is 257. The van der Waals surface area contributed by atoms with Crippen molar-refractivity contribution in [3.63, 3.8) is 0 Å². The Kier molecular flexibility index (Phi) is 4.04. The zero-order valence-corrected chi connectivity index (χ0v) is 9.67. The fraction of sp³-hybridized carbons (Fsp3) is 0.700. The molecule has 3 nitrogen and oxygen atoms in total. The minimum Gasteiger partial charge on any atom is -0.390 e. The van der Waals surface area contributed by atoms with E-state index in [0.717, 1.165) is 11.4 Å². The summed E-state index contributed by atoms with van der Waals surface area (Å²) in [7, 11) is 1.63. The lowest BCUT2D eigenvalue weighted by molar-refractivity contribution is -0.0914. The van der Waals surface area contributed by atoms with Crippen molar-refractivity contribution in [2.45, 2.75) is 38.4 Å². The fourth-order valence-electron chi connectivity index (χ4n) is 1.25. The van der Waals surface area contributed by atoms with Crippen LogP contribution in [-0.4, -0.2) is 28.9 Å². The number of aliphatic hydroxyl groups excluding tert-OH is 1. The van der Waals surface area contributed by atoms with Crippen molar-refractivity contribution in [2.75, 3.05) is 7.11 Å². The molecule has 1 aromatic rings. The third-order valence-electron chi connectivity index (χ3n) is 2.72. The van der Waals surface area contributed by atoms with Gasteiger partial charge in [0.2, 0.25) is 0 Å². The van der Waals surface area contributed by atoms with E-state index in [2.05, 4.69) is 4.98 Å². The molecule has 0 aliphatic heterocycles. The van der Waals surface area contributed by atoms with Gasteiger partial charge in [0.05, 0.1) is 16.7 Å². The average molecular weight is 215 g/mol. The molecule has 0 saturated carbocycles. The summed E-state index contributed by atoms with van der Waals surface area (Å²) >= 11 is 1.56. The lowest BCUT2D eigenvalue weighted by Crippen LogP contribution is -2.41. The van der Waals surface area contributed by atoms with Crippen molar-refractivity contribution < 1.29 is 9.84 Å². The summed E-state index contributed by atoms with van der Waals surface area (Å²) in [5.41, 5.74) is -0.467. The maximum absolute atomic E-state index is 9.98. The molecule has 1 aromatic heterocycles. The van der Waals surface area contributed by atoms with Crippen molar-refractivity contribution in [3.8, 4) is 0 Å². The third-order valence-corrected chi connectivity index (χ3v) is 3.53. The highest BCUT2D eigenvalue weighted by molar-refractivity contribution is 7.09. The Hall–Kier alpha value is -0.450. The van der Waals surface area contributed by atoms with Crippen LogP contribution in [0.15, 0.2) is 11.6 Å². The van der Waals surface area contributed by atoms with Gasteiger partial charge in [-0.3, -0.25) is 0 Å². The van der Waals surface area contributed by atoms with Crippen molar-refractivity contribution in [1.29, 1.82) is 0 Å². The van der Waals surface area contributed by atoms with E-state index in [-0.39, 0.29) is 0 Å². The molecule has 0 aliphatic carbocycles. The summed E-state index contributed by atoms with van der Waals surface area (Å²) in [6, 6.07) is 0. The number of rotatable bonds is 5. The van der Waals surface area contributed by atoms with Crippen molar-refractivity contribution in [3.05, 3.63) is 16.6 Å². The molecule has 2 atom stereocenters. The van der Waals surface area contributed by atoms with E-state index >= 15 is 0 Å². The van der Waals surface area contributed by atoms with Gasteiger partial charge < -0.3 is 9.84 Å². The smallest absolute Gasteiger partial charge is 0.0951 e. The van der Waals surface area contributed by atoms with Crippen LogP contribution in [0.5, 0.6) is 0 Å². The molecular weight excluding hydrogens is 198 g/mol. The van der Waals surface area contributed by atoms with Crippen LogP contribution in [0.1, 0.15) is 25.3 Å². The molecule has 4 heteroatoms. The van der Waals surface area contributed by atoms with Gasteiger partial charge in [-0.15, -0.1) is 11.3 Å². The van der Waals surface area contributed by atoms with E-state index < -0.39 is 11.7 Å². The number of ether oxygens (including phenoxy) is 1. The van der Waals surface area contributed by atoms with E-state index in [1.54, 1.807) is 24.6 Å².